The first-order chi connectivity index (χ1) is 13.2. The van der Waals surface area contributed by atoms with Gasteiger partial charge in [-0.15, -0.1) is 0 Å². The standard InChI is InChI=1S/C20H19ClN2O3S/c1-25-18-9-8-13(11-16(18)21)23-19(24)15-6-2-3-7-17(15)22-20(23)27-12-14-5-4-10-26-14/h2-3,6-9,11,14H,4-5,10,12H2,1H3. The highest BCUT2D eigenvalue weighted by Gasteiger charge is 2.19. The van der Waals surface area contributed by atoms with Crippen LogP contribution in [-0.2, 0) is 4.74 Å². The monoisotopic (exact) mass is 402 g/mol. The molecule has 0 spiro atoms. The average molecular weight is 403 g/mol. The second-order valence-electron chi connectivity index (χ2n) is 6.32. The van der Waals surface area contributed by atoms with E-state index in [0.29, 0.717) is 32.5 Å². The number of para-hydroxylation sites is 1. The molecule has 2 heterocycles. The highest BCUT2D eigenvalue weighted by atomic mass is 35.5. The lowest BCUT2D eigenvalue weighted by atomic mass is 10.2. The van der Waals surface area contributed by atoms with Gasteiger partial charge in [0, 0.05) is 12.4 Å². The van der Waals surface area contributed by atoms with Crippen molar-refractivity contribution in [2.75, 3.05) is 19.5 Å². The highest BCUT2D eigenvalue weighted by Crippen LogP contribution is 2.29. The van der Waals surface area contributed by atoms with Crippen molar-refractivity contribution in [3.05, 3.63) is 57.8 Å². The third kappa shape index (κ3) is 3.70. The summed E-state index contributed by atoms with van der Waals surface area (Å²) in [6.45, 7) is 0.803. The molecule has 1 atom stereocenters. The summed E-state index contributed by atoms with van der Waals surface area (Å²) in [6, 6.07) is 12.7. The van der Waals surface area contributed by atoms with Crippen molar-refractivity contribution in [2.24, 2.45) is 0 Å². The molecular formula is C20H19ClN2O3S. The summed E-state index contributed by atoms with van der Waals surface area (Å²) < 4.78 is 12.6. The van der Waals surface area contributed by atoms with Gasteiger partial charge in [0.05, 0.1) is 34.8 Å². The zero-order valence-corrected chi connectivity index (χ0v) is 16.4. The smallest absolute Gasteiger partial charge is 0.266 e. The summed E-state index contributed by atoms with van der Waals surface area (Å²) in [7, 11) is 1.56. The number of nitrogens with zero attached hydrogens (tertiary/aromatic N) is 2. The minimum absolute atomic E-state index is 0.114. The molecule has 1 saturated heterocycles. The molecular weight excluding hydrogens is 384 g/mol. The maximum Gasteiger partial charge on any atom is 0.266 e. The van der Waals surface area contributed by atoms with Crippen molar-refractivity contribution >= 4 is 34.3 Å². The van der Waals surface area contributed by atoms with Crippen LogP contribution in [0.2, 0.25) is 5.02 Å². The lowest BCUT2D eigenvalue weighted by molar-refractivity contribution is 0.129. The molecule has 4 rings (SSSR count). The molecule has 3 aromatic rings. The Bertz CT molecular complexity index is 1030. The normalized spacial score (nSPS) is 16.7. The lowest BCUT2D eigenvalue weighted by Crippen LogP contribution is -2.22. The van der Waals surface area contributed by atoms with Gasteiger partial charge in [-0.2, -0.15) is 0 Å². The Balaban J connectivity index is 1.82. The molecule has 0 radical (unpaired) electrons. The average Bonchev–Trinajstić information content (AvgIpc) is 3.20. The Labute approximate surface area is 166 Å². The van der Waals surface area contributed by atoms with E-state index in [0.717, 1.165) is 25.2 Å². The molecule has 0 aliphatic carbocycles. The van der Waals surface area contributed by atoms with Gasteiger partial charge in [0.2, 0.25) is 0 Å². The molecule has 1 aliphatic rings. The van der Waals surface area contributed by atoms with Crippen molar-refractivity contribution in [3.8, 4) is 11.4 Å². The number of ether oxygens (including phenoxy) is 2. The van der Waals surface area contributed by atoms with Crippen molar-refractivity contribution in [1.29, 1.82) is 0 Å². The highest BCUT2D eigenvalue weighted by molar-refractivity contribution is 7.99. The fourth-order valence-corrected chi connectivity index (χ4v) is 4.50. The van der Waals surface area contributed by atoms with Gasteiger partial charge in [-0.25, -0.2) is 4.98 Å². The molecule has 140 valence electrons. The summed E-state index contributed by atoms with van der Waals surface area (Å²) in [4.78, 5) is 18.0. The number of rotatable bonds is 5. The fourth-order valence-electron chi connectivity index (χ4n) is 3.17. The number of fused-ring (bicyclic) bond motifs is 1. The number of hydrogen-bond acceptors (Lipinski definition) is 5. The van der Waals surface area contributed by atoms with E-state index >= 15 is 0 Å². The van der Waals surface area contributed by atoms with Gasteiger partial charge in [0.25, 0.3) is 5.56 Å². The number of methoxy groups -OCH3 is 1. The topological polar surface area (TPSA) is 53.4 Å². The Hall–Kier alpha value is -2.02. The number of benzene rings is 2. The number of halogens is 1. The molecule has 0 bridgehead atoms. The zero-order valence-electron chi connectivity index (χ0n) is 14.9. The number of thioether (sulfide) groups is 1. The van der Waals surface area contributed by atoms with Crippen molar-refractivity contribution in [3.63, 3.8) is 0 Å². The number of hydrogen-bond donors (Lipinski definition) is 0. The number of aromatic nitrogens is 2. The molecule has 0 N–H and O–H groups in total. The van der Waals surface area contributed by atoms with Gasteiger partial charge in [0.1, 0.15) is 5.75 Å². The van der Waals surface area contributed by atoms with E-state index in [1.807, 2.05) is 24.3 Å². The summed E-state index contributed by atoms with van der Waals surface area (Å²) in [6.07, 6.45) is 2.32. The van der Waals surface area contributed by atoms with E-state index in [4.69, 9.17) is 26.1 Å². The first-order valence-electron chi connectivity index (χ1n) is 8.77. The summed E-state index contributed by atoms with van der Waals surface area (Å²) in [5.74, 6) is 1.32. The van der Waals surface area contributed by atoms with E-state index in [-0.39, 0.29) is 11.7 Å². The third-order valence-corrected chi connectivity index (χ3v) is 5.93. The molecule has 1 aliphatic heterocycles. The van der Waals surface area contributed by atoms with E-state index < -0.39 is 0 Å². The maximum absolute atomic E-state index is 13.2. The minimum atomic E-state index is -0.114. The van der Waals surface area contributed by atoms with Crippen LogP contribution in [0, 0.1) is 0 Å². The van der Waals surface area contributed by atoms with Crippen molar-refractivity contribution in [2.45, 2.75) is 24.1 Å². The van der Waals surface area contributed by atoms with Crippen LogP contribution in [0.5, 0.6) is 5.75 Å². The van der Waals surface area contributed by atoms with Crippen LogP contribution in [-0.4, -0.2) is 35.1 Å². The lowest BCUT2D eigenvalue weighted by Gasteiger charge is -2.15. The van der Waals surface area contributed by atoms with Crippen molar-refractivity contribution in [1.82, 2.24) is 9.55 Å². The van der Waals surface area contributed by atoms with Crippen LogP contribution >= 0.6 is 23.4 Å². The van der Waals surface area contributed by atoms with Gasteiger partial charge in [-0.05, 0) is 43.2 Å². The molecule has 5 nitrogen and oxygen atoms in total. The Morgan fingerprint density at radius 2 is 2.19 bits per heavy atom. The summed E-state index contributed by atoms with van der Waals surface area (Å²) >= 11 is 7.83. The zero-order chi connectivity index (χ0) is 18.8. The van der Waals surface area contributed by atoms with E-state index in [9.17, 15) is 4.79 Å². The van der Waals surface area contributed by atoms with Gasteiger partial charge < -0.3 is 9.47 Å². The summed E-state index contributed by atoms with van der Waals surface area (Å²) in [5.41, 5.74) is 1.24. The Kier molecular flexibility index (Phi) is 5.38. The van der Waals surface area contributed by atoms with E-state index in [2.05, 4.69) is 0 Å². The van der Waals surface area contributed by atoms with Gasteiger partial charge in [-0.1, -0.05) is 35.5 Å². The largest absolute Gasteiger partial charge is 0.495 e. The molecule has 0 saturated carbocycles. The molecule has 1 aromatic heterocycles. The Morgan fingerprint density at radius 3 is 2.93 bits per heavy atom. The van der Waals surface area contributed by atoms with Crippen molar-refractivity contribution < 1.29 is 9.47 Å². The predicted molar refractivity (Wildman–Crippen MR) is 109 cm³/mol. The van der Waals surface area contributed by atoms with Gasteiger partial charge in [-0.3, -0.25) is 9.36 Å². The molecule has 0 amide bonds. The first kappa shape index (κ1) is 18.3. The summed E-state index contributed by atoms with van der Waals surface area (Å²) in [5, 5.41) is 1.66. The second kappa shape index (κ2) is 7.92. The Morgan fingerprint density at radius 1 is 1.33 bits per heavy atom. The van der Waals surface area contributed by atoms with E-state index in [1.54, 1.807) is 29.9 Å². The molecule has 1 unspecified atom stereocenters. The SMILES string of the molecule is COc1ccc(-n2c(SCC3CCCO3)nc3ccccc3c2=O)cc1Cl. The maximum atomic E-state index is 13.2. The minimum Gasteiger partial charge on any atom is -0.495 e. The van der Waals surface area contributed by atoms with Crippen LogP contribution < -0.4 is 10.3 Å². The molecule has 1 fully saturated rings. The quantitative estimate of drug-likeness (QED) is 0.470. The molecule has 7 heteroatoms. The third-order valence-electron chi connectivity index (χ3n) is 4.56. The van der Waals surface area contributed by atoms with Crippen LogP contribution in [0.25, 0.3) is 16.6 Å². The first-order valence-corrected chi connectivity index (χ1v) is 10.1. The molecule has 27 heavy (non-hydrogen) atoms. The second-order valence-corrected chi connectivity index (χ2v) is 7.71. The molecule has 2 aromatic carbocycles. The fraction of sp³-hybridized carbons (Fsp3) is 0.300. The van der Waals surface area contributed by atoms with E-state index in [1.165, 1.54) is 11.8 Å². The van der Waals surface area contributed by atoms with Crippen LogP contribution in [0.3, 0.4) is 0 Å². The predicted octanol–water partition coefficient (Wildman–Crippen LogP) is 4.32. The van der Waals surface area contributed by atoms with Crippen LogP contribution in [0.4, 0.5) is 0 Å². The van der Waals surface area contributed by atoms with Gasteiger partial charge in [0.15, 0.2) is 5.16 Å². The van der Waals surface area contributed by atoms with Crippen LogP contribution in [0.1, 0.15) is 12.8 Å². The van der Waals surface area contributed by atoms with Gasteiger partial charge >= 0.3 is 0 Å². The van der Waals surface area contributed by atoms with Crippen LogP contribution in [0.15, 0.2) is 52.4 Å².